The number of aromatic nitrogens is 3. The van der Waals surface area contributed by atoms with Crippen molar-refractivity contribution in [2.45, 2.75) is 101 Å². The number of alkyl halides is 3. The SMILES string of the molecule is [2H]C([2H])(Oc1nc(N2CCOC[C@H]3[C@@H]2C3(F)F)c2cnc(-c3cc(N=C(c4ccccc4)c4ccccc4)cc4cc(F)c(F)c(C#C[Si](C(C)C)(C(C)C)C(C)C)c34)c(F)c2n1)[C@@]12CCCN1C[C@H](F)C2. The molecule has 4 fully saturated rings. The number of pyridine rings is 1. The lowest BCUT2D eigenvalue weighted by Gasteiger charge is -2.38. The summed E-state index contributed by atoms with van der Waals surface area (Å²) < 4.78 is 128. The van der Waals surface area contributed by atoms with Crippen molar-refractivity contribution in [3.8, 4) is 28.7 Å². The average Bonchev–Trinajstić information content (AvgIpc) is 3.52. The van der Waals surface area contributed by atoms with Crippen LogP contribution in [0.2, 0.25) is 16.6 Å². The number of hydrogen-bond donors (Lipinski definition) is 0. The molecule has 0 N–H and O–H groups in total. The number of halogens is 6. The molecule has 364 valence electrons. The topological polar surface area (TPSA) is 76.0 Å². The summed E-state index contributed by atoms with van der Waals surface area (Å²) in [4.78, 5) is 21.8. The zero-order valence-electron chi connectivity index (χ0n) is 42.0. The molecule has 8 nitrogen and oxygen atoms in total. The number of aliphatic imine (C=N–C) groups is 1. The van der Waals surface area contributed by atoms with E-state index < -0.39 is 73.2 Å². The summed E-state index contributed by atoms with van der Waals surface area (Å²) in [7, 11) is -2.59. The van der Waals surface area contributed by atoms with Crippen LogP contribution in [0.15, 0.2) is 90.1 Å². The molecule has 0 amide bonds. The number of nitrogens with zero attached hydrogens (tertiary/aromatic N) is 6. The van der Waals surface area contributed by atoms with Gasteiger partial charge in [0, 0.05) is 47.8 Å². The van der Waals surface area contributed by atoms with Crippen molar-refractivity contribution in [1.29, 1.82) is 0 Å². The van der Waals surface area contributed by atoms with Gasteiger partial charge in [-0.1, -0.05) is 108 Å². The van der Waals surface area contributed by atoms with Crippen LogP contribution in [0.1, 0.15) is 80.2 Å². The first-order chi connectivity index (χ1) is 34.3. The van der Waals surface area contributed by atoms with Crippen molar-refractivity contribution in [2.75, 3.05) is 44.3 Å². The highest BCUT2D eigenvalue weighted by atomic mass is 28.3. The maximum absolute atomic E-state index is 18.3. The van der Waals surface area contributed by atoms with Gasteiger partial charge in [-0.3, -0.25) is 9.88 Å². The van der Waals surface area contributed by atoms with Crippen LogP contribution < -0.4 is 9.64 Å². The Kier molecular flexibility index (Phi) is 11.9. The molecule has 1 aliphatic carbocycles. The van der Waals surface area contributed by atoms with Crippen LogP contribution in [0.5, 0.6) is 6.01 Å². The first-order valence-electron chi connectivity index (χ1n) is 25.1. The van der Waals surface area contributed by atoms with Crippen LogP contribution in [-0.4, -0.2) is 96.7 Å². The van der Waals surface area contributed by atoms with Crippen LogP contribution in [0.4, 0.5) is 37.8 Å². The van der Waals surface area contributed by atoms with Gasteiger partial charge < -0.3 is 14.4 Å². The van der Waals surface area contributed by atoms with Gasteiger partial charge >= 0.3 is 6.01 Å². The molecule has 0 bridgehead atoms. The summed E-state index contributed by atoms with van der Waals surface area (Å²) >= 11 is 0. The number of ether oxygens (including phenoxy) is 2. The van der Waals surface area contributed by atoms with Gasteiger partial charge in [-0.15, -0.1) is 5.54 Å². The molecule has 0 unspecified atom stereocenters. The number of benzene rings is 4. The van der Waals surface area contributed by atoms with Crippen LogP contribution in [0.25, 0.3) is 32.9 Å². The van der Waals surface area contributed by atoms with Crippen LogP contribution in [0.3, 0.4) is 0 Å². The van der Waals surface area contributed by atoms with Gasteiger partial charge in [-0.05, 0) is 59.6 Å². The second kappa shape index (κ2) is 18.4. The van der Waals surface area contributed by atoms with E-state index in [2.05, 4.69) is 68.0 Å². The highest BCUT2D eigenvalue weighted by molar-refractivity contribution is 6.90. The molecule has 4 aromatic carbocycles. The van der Waals surface area contributed by atoms with Crippen LogP contribution >= 0.6 is 0 Å². The van der Waals surface area contributed by atoms with Gasteiger partial charge in [0.2, 0.25) is 0 Å². The molecule has 2 aromatic heterocycles. The zero-order chi connectivity index (χ0) is 51.1. The highest BCUT2D eigenvalue weighted by Gasteiger charge is 2.72. The van der Waals surface area contributed by atoms with Crippen molar-refractivity contribution in [3.05, 3.63) is 119 Å². The fourth-order valence-corrected chi connectivity index (χ4v) is 16.9. The summed E-state index contributed by atoms with van der Waals surface area (Å²) in [6, 6.07) is 20.8. The van der Waals surface area contributed by atoms with E-state index in [1.54, 1.807) is 11.0 Å². The molecule has 5 heterocycles. The zero-order valence-corrected chi connectivity index (χ0v) is 41.0. The molecule has 1 saturated carbocycles. The standard InChI is InChI=1S/C55H56F6N6O2Si/c1-32(2)70(33(3)4,34(5)6)23-18-40-45-37(25-44(57)46(40)58)24-39(63-48(35-14-9-7-10-15-35)36-16-11-8-12-17-36)26-41(45)49-47(59)50-42(28-62-49)52(67-21-22-68-30-43-51(67)55(43,60)61)65-53(64-50)69-31-54-19-13-20-66(54)29-38(56)27-54/h7-12,14-17,24-26,28,32-34,38,43,51H,13,19-22,27,29-31H2,1-6H3/t38-,43+,51-,54+/m1/s1/i31D2. The van der Waals surface area contributed by atoms with E-state index in [1.165, 1.54) is 17.2 Å². The third kappa shape index (κ3) is 8.23. The van der Waals surface area contributed by atoms with Gasteiger partial charge in [0.25, 0.3) is 5.92 Å². The van der Waals surface area contributed by atoms with Crippen molar-refractivity contribution < 1.29 is 38.6 Å². The van der Waals surface area contributed by atoms with Gasteiger partial charge in [0.05, 0.1) is 49.8 Å². The first-order valence-corrected chi connectivity index (χ1v) is 26.4. The molecule has 4 aliphatic rings. The van der Waals surface area contributed by atoms with E-state index in [-0.39, 0.29) is 100 Å². The minimum atomic E-state index is -3.20. The summed E-state index contributed by atoms with van der Waals surface area (Å²) in [5.41, 5.74) is 3.60. The van der Waals surface area contributed by atoms with E-state index in [4.69, 9.17) is 14.5 Å². The third-order valence-corrected chi connectivity index (χ3v) is 21.4. The minimum Gasteiger partial charge on any atom is -0.461 e. The predicted molar refractivity (Wildman–Crippen MR) is 265 cm³/mol. The lowest BCUT2D eigenvalue weighted by molar-refractivity contribution is 0.0492. The van der Waals surface area contributed by atoms with E-state index in [0.29, 0.717) is 18.7 Å². The van der Waals surface area contributed by atoms with Crippen LogP contribution in [-0.2, 0) is 4.74 Å². The van der Waals surface area contributed by atoms with Gasteiger partial charge in [-0.2, -0.15) is 9.97 Å². The van der Waals surface area contributed by atoms with Crippen molar-refractivity contribution in [1.82, 2.24) is 19.9 Å². The van der Waals surface area contributed by atoms with E-state index in [1.807, 2.05) is 60.7 Å². The van der Waals surface area contributed by atoms with E-state index >= 15 is 26.3 Å². The maximum atomic E-state index is 18.3. The van der Waals surface area contributed by atoms with Gasteiger partial charge in [0.15, 0.2) is 17.5 Å². The number of anilines is 1. The molecule has 3 aliphatic heterocycles. The van der Waals surface area contributed by atoms with Gasteiger partial charge in [-0.25, -0.2) is 31.3 Å². The van der Waals surface area contributed by atoms with Crippen LogP contribution in [0, 0.1) is 34.8 Å². The van der Waals surface area contributed by atoms with E-state index in [9.17, 15) is 2.74 Å². The molecule has 3 saturated heterocycles. The number of hydrogen-bond acceptors (Lipinski definition) is 8. The molecule has 0 spiro atoms. The van der Waals surface area contributed by atoms with Crippen molar-refractivity contribution in [3.63, 3.8) is 0 Å². The summed E-state index contributed by atoms with van der Waals surface area (Å²) in [5.74, 6) is -4.97. The Morgan fingerprint density at radius 2 is 1.61 bits per heavy atom. The van der Waals surface area contributed by atoms with Crippen molar-refractivity contribution in [2.24, 2.45) is 10.9 Å². The molecule has 0 radical (unpaired) electrons. The normalized spacial score (nSPS) is 22.7. The Bertz CT molecular complexity index is 3110. The molecular formula is C55H56F6N6O2Si. The number of rotatable bonds is 11. The summed E-state index contributed by atoms with van der Waals surface area (Å²) in [6.07, 6.45) is 0.598. The summed E-state index contributed by atoms with van der Waals surface area (Å²) in [5, 5.41) is 0.115. The van der Waals surface area contributed by atoms with Gasteiger partial charge in [0.1, 0.15) is 43.9 Å². The Morgan fingerprint density at radius 3 is 2.29 bits per heavy atom. The predicted octanol–water partition coefficient (Wildman–Crippen LogP) is 12.4. The number of fused-ring (bicyclic) bond motifs is 4. The lowest BCUT2D eigenvalue weighted by Crippen LogP contribution is -2.43. The van der Waals surface area contributed by atoms with E-state index in [0.717, 1.165) is 17.2 Å². The Morgan fingerprint density at radius 1 is 0.929 bits per heavy atom. The molecule has 6 aromatic rings. The monoisotopic (exact) mass is 976 g/mol. The Hall–Kier alpha value is -5.82. The highest BCUT2D eigenvalue weighted by Crippen LogP contribution is 2.55. The molecular weight excluding hydrogens is 919 g/mol. The lowest BCUT2D eigenvalue weighted by atomic mass is 9.94. The Labute approximate surface area is 408 Å². The smallest absolute Gasteiger partial charge is 0.319 e. The average molecular weight is 977 g/mol. The first kappa shape index (κ1) is 45.3. The third-order valence-electron chi connectivity index (χ3n) is 15.1. The Balaban J connectivity index is 1.25. The van der Waals surface area contributed by atoms with Crippen molar-refractivity contribution >= 4 is 47.0 Å². The fourth-order valence-electron chi connectivity index (χ4n) is 11.7. The summed E-state index contributed by atoms with van der Waals surface area (Å²) in [6.45, 7) is 10.1. The molecule has 70 heavy (non-hydrogen) atoms. The maximum Gasteiger partial charge on any atom is 0.319 e. The fraction of sp³-hybridized carbons (Fsp3) is 0.418. The second-order valence-corrected chi connectivity index (χ2v) is 25.7. The minimum absolute atomic E-state index is 0.00395. The molecule has 10 rings (SSSR count). The molecule has 4 atom stereocenters. The largest absolute Gasteiger partial charge is 0.461 e. The molecule has 15 heteroatoms. The second-order valence-electron chi connectivity index (χ2n) is 20.1. The quantitative estimate of drug-likeness (QED) is 0.0554.